The number of allylic oxidation sites excluding steroid dienone is 4. The molecule has 3 heteroatoms. The summed E-state index contributed by atoms with van der Waals surface area (Å²) in [5.41, 5.74) is 30.7. The van der Waals surface area contributed by atoms with Crippen LogP contribution in [0.3, 0.4) is 0 Å². The molecular formula is C75H67N3. The molecule has 0 aromatic heterocycles. The quantitative estimate of drug-likeness (QED) is 0.158. The summed E-state index contributed by atoms with van der Waals surface area (Å²) in [6.45, 7) is 24.7. The summed E-state index contributed by atoms with van der Waals surface area (Å²) >= 11 is 0. The van der Waals surface area contributed by atoms with E-state index in [-0.39, 0.29) is 27.1 Å². The molecule has 6 aliphatic rings. The Hall–Kier alpha value is -8.14. The van der Waals surface area contributed by atoms with Gasteiger partial charge in [0.25, 0.3) is 0 Å². The lowest BCUT2D eigenvalue weighted by Crippen LogP contribution is -2.43. The molecule has 0 spiro atoms. The summed E-state index contributed by atoms with van der Waals surface area (Å²) in [6.07, 6.45) is 5.86. The number of para-hydroxylation sites is 3. The minimum atomic E-state index is -0.375. The molecule has 0 fully saturated rings. The standard InChI is InChI=1S/C75H67N3/c1-71(2)58-28-19-17-26-54(58)56-38-36-51(42-62(56)71)77(52-37-39-57-55-27-18-20-29-59(55)72(3,4)63(57)43-52)53-44-66-70-67(45-53)75(9,10)65-41-47(40-64-69(65)78(70)68-60(73(64,5)6)30-21-31-61(68)74(66,7)8)46-32-34-50(35-33-46)76(48-22-13-11-14-23-48)49-24-15-12-16-25-49/h11-42,44-45,63H,43H2,1-10H3. The van der Waals surface area contributed by atoms with Gasteiger partial charge in [0.05, 0.1) is 17.1 Å². The van der Waals surface area contributed by atoms with Crippen molar-refractivity contribution in [3.8, 4) is 22.3 Å². The van der Waals surface area contributed by atoms with Crippen molar-refractivity contribution >= 4 is 51.1 Å². The maximum Gasteiger partial charge on any atom is 0.0545 e. The smallest absolute Gasteiger partial charge is 0.0545 e. The summed E-state index contributed by atoms with van der Waals surface area (Å²) in [7, 11) is 0. The van der Waals surface area contributed by atoms with E-state index in [2.05, 4.69) is 290 Å². The summed E-state index contributed by atoms with van der Waals surface area (Å²) in [5, 5.41) is 0. The summed E-state index contributed by atoms with van der Waals surface area (Å²) in [4.78, 5) is 7.75. The van der Waals surface area contributed by atoms with Crippen LogP contribution in [0.25, 0.3) is 27.8 Å². The number of hydrogen-bond donors (Lipinski definition) is 0. The van der Waals surface area contributed by atoms with Gasteiger partial charge in [-0.3, -0.25) is 0 Å². The first kappa shape index (κ1) is 47.1. The average Bonchev–Trinajstić information content (AvgIpc) is 3.99. The van der Waals surface area contributed by atoms with E-state index in [0.29, 0.717) is 5.92 Å². The molecule has 0 radical (unpaired) electrons. The molecule has 9 aromatic rings. The zero-order valence-corrected chi connectivity index (χ0v) is 46.8. The third-order valence-electron chi connectivity index (χ3n) is 19.9. The Kier molecular flexibility index (Phi) is 9.65. The molecule has 3 nitrogen and oxygen atoms in total. The van der Waals surface area contributed by atoms with Gasteiger partial charge in [-0.2, -0.15) is 0 Å². The third-order valence-corrected chi connectivity index (χ3v) is 19.9. The van der Waals surface area contributed by atoms with Gasteiger partial charge < -0.3 is 14.7 Å². The fourth-order valence-corrected chi connectivity index (χ4v) is 15.5. The fraction of sp³-hybridized carbons (Fsp3) is 0.227. The lowest BCUT2D eigenvalue weighted by molar-refractivity contribution is 0.406. The molecule has 0 saturated heterocycles. The molecule has 3 aliphatic heterocycles. The van der Waals surface area contributed by atoms with E-state index >= 15 is 0 Å². The molecule has 9 aromatic carbocycles. The number of fused-ring (bicyclic) bond motifs is 6. The minimum absolute atomic E-state index is 0.0208. The molecule has 0 N–H and O–H groups in total. The Bertz CT molecular complexity index is 4050. The second kappa shape index (κ2) is 16.0. The molecule has 0 saturated carbocycles. The number of nitrogens with zero attached hydrogens (tertiary/aromatic N) is 3. The Morgan fingerprint density at radius 2 is 0.782 bits per heavy atom. The number of rotatable bonds is 7. The van der Waals surface area contributed by atoms with Gasteiger partial charge in [-0.05, 0) is 180 Å². The summed E-state index contributed by atoms with van der Waals surface area (Å²) in [6, 6.07) is 73.7. The lowest BCUT2D eigenvalue weighted by Gasteiger charge is -2.55. The van der Waals surface area contributed by atoms with Crippen LogP contribution in [0, 0.1) is 5.92 Å². The molecule has 0 bridgehead atoms. The topological polar surface area (TPSA) is 9.72 Å². The monoisotopic (exact) mass is 1010 g/mol. The van der Waals surface area contributed by atoms with Crippen LogP contribution in [0.2, 0.25) is 0 Å². The van der Waals surface area contributed by atoms with Gasteiger partial charge in [0.1, 0.15) is 0 Å². The van der Waals surface area contributed by atoms with E-state index in [4.69, 9.17) is 0 Å². The van der Waals surface area contributed by atoms with Crippen LogP contribution in [0.1, 0.15) is 131 Å². The molecular weight excluding hydrogens is 943 g/mol. The van der Waals surface area contributed by atoms with Crippen LogP contribution in [-0.4, -0.2) is 0 Å². The van der Waals surface area contributed by atoms with E-state index in [1.807, 2.05) is 0 Å². The number of hydrogen-bond acceptors (Lipinski definition) is 3. The maximum absolute atomic E-state index is 2.72. The Balaban J connectivity index is 0.938. The van der Waals surface area contributed by atoms with Crippen molar-refractivity contribution in [1.82, 2.24) is 0 Å². The zero-order valence-electron chi connectivity index (χ0n) is 46.8. The maximum atomic E-state index is 2.72. The zero-order chi connectivity index (χ0) is 53.4. The van der Waals surface area contributed by atoms with Gasteiger partial charge in [0, 0.05) is 55.8 Å². The van der Waals surface area contributed by atoms with E-state index in [1.165, 1.54) is 118 Å². The molecule has 1 unspecified atom stereocenters. The highest BCUT2D eigenvalue weighted by Crippen LogP contribution is 2.68. The molecule has 15 rings (SSSR count). The highest BCUT2D eigenvalue weighted by Gasteiger charge is 2.53. The first-order chi connectivity index (χ1) is 37.5. The minimum Gasteiger partial charge on any atom is -0.314 e. The summed E-state index contributed by atoms with van der Waals surface area (Å²) in [5.74, 6) is 0.343. The molecule has 78 heavy (non-hydrogen) atoms. The normalized spacial score (nSPS) is 18.8. The highest BCUT2D eigenvalue weighted by molar-refractivity contribution is 6.00. The molecule has 3 heterocycles. The Labute approximate surface area is 461 Å². The predicted octanol–water partition coefficient (Wildman–Crippen LogP) is 19.9. The largest absolute Gasteiger partial charge is 0.314 e. The van der Waals surface area contributed by atoms with Crippen molar-refractivity contribution in [2.45, 2.75) is 103 Å². The highest BCUT2D eigenvalue weighted by atomic mass is 15.2. The Morgan fingerprint density at radius 1 is 0.333 bits per heavy atom. The summed E-state index contributed by atoms with van der Waals surface area (Å²) < 4.78 is 0. The van der Waals surface area contributed by atoms with Crippen molar-refractivity contribution in [2.75, 3.05) is 14.7 Å². The number of benzene rings is 9. The SMILES string of the molecule is CC1(C)c2ccccc2-c2ccc(N(C3=CC=C4c5ccccc5C(C)(C)C4C3)c3cc4c5c(c3)C(C)(C)c3cc(-c6ccc(N(c7ccccc7)c7ccccc7)cc6)cc6c3N5c3c(cccc3C4(C)C)C6(C)C)cc21. The van der Waals surface area contributed by atoms with E-state index in [0.717, 1.165) is 23.5 Å². The van der Waals surface area contributed by atoms with Crippen LogP contribution in [0.5, 0.6) is 0 Å². The van der Waals surface area contributed by atoms with Crippen molar-refractivity contribution in [2.24, 2.45) is 5.92 Å². The molecule has 1 atom stereocenters. The first-order valence-corrected chi connectivity index (χ1v) is 28.4. The lowest BCUT2D eigenvalue weighted by atomic mass is 9.60. The van der Waals surface area contributed by atoms with Gasteiger partial charge in [-0.1, -0.05) is 197 Å². The fourth-order valence-electron chi connectivity index (χ4n) is 15.5. The van der Waals surface area contributed by atoms with Gasteiger partial charge >= 0.3 is 0 Å². The van der Waals surface area contributed by atoms with Crippen molar-refractivity contribution in [3.63, 3.8) is 0 Å². The van der Waals surface area contributed by atoms with Crippen LogP contribution >= 0.6 is 0 Å². The van der Waals surface area contributed by atoms with Crippen LogP contribution in [0.4, 0.5) is 45.5 Å². The Morgan fingerprint density at radius 3 is 1.40 bits per heavy atom. The predicted molar refractivity (Wildman–Crippen MR) is 327 cm³/mol. The van der Waals surface area contributed by atoms with Gasteiger partial charge in [0.15, 0.2) is 0 Å². The van der Waals surface area contributed by atoms with Crippen molar-refractivity contribution in [1.29, 1.82) is 0 Å². The number of anilines is 8. The molecule has 3 aliphatic carbocycles. The van der Waals surface area contributed by atoms with Gasteiger partial charge in [0.2, 0.25) is 0 Å². The van der Waals surface area contributed by atoms with Gasteiger partial charge in [-0.25, -0.2) is 0 Å². The van der Waals surface area contributed by atoms with Crippen molar-refractivity contribution < 1.29 is 0 Å². The van der Waals surface area contributed by atoms with Crippen LogP contribution < -0.4 is 14.7 Å². The molecule has 382 valence electrons. The third kappa shape index (κ3) is 6.28. The first-order valence-electron chi connectivity index (χ1n) is 28.4. The average molecular weight is 1010 g/mol. The van der Waals surface area contributed by atoms with Crippen LogP contribution in [0.15, 0.2) is 212 Å². The van der Waals surface area contributed by atoms with Crippen LogP contribution in [-0.2, 0) is 27.1 Å². The molecule has 0 amide bonds. The second-order valence-corrected chi connectivity index (χ2v) is 25.8. The van der Waals surface area contributed by atoms with E-state index < -0.39 is 0 Å². The van der Waals surface area contributed by atoms with Crippen molar-refractivity contribution in [3.05, 3.63) is 268 Å². The van der Waals surface area contributed by atoms with E-state index in [1.54, 1.807) is 0 Å². The van der Waals surface area contributed by atoms with E-state index in [9.17, 15) is 0 Å². The van der Waals surface area contributed by atoms with Gasteiger partial charge in [-0.15, -0.1) is 0 Å². The second-order valence-electron chi connectivity index (χ2n) is 25.8.